The van der Waals surface area contributed by atoms with Crippen LogP contribution >= 0.6 is 0 Å². The summed E-state index contributed by atoms with van der Waals surface area (Å²) in [5, 5.41) is 12.6. The molecule has 0 amide bonds. The zero-order valence-electron chi connectivity index (χ0n) is 9.33. The molecule has 14 heavy (non-hydrogen) atoms. The van der Waals surface area contributed by atoms with Crippen LogP contribution in [-0.2, 0) is 4.74 Å². The van der Waals surface area contributed by atoms with Crippen molar-refractivity contribution in [1.29, 1.82) is 0 Å². The fraction of sp³-hybridized carbons (Fsp3) is 1.00. The monoisotopic (exact) mass is 201 g/mol. The lowest BCUT2D eigenvalue weighted by Gasteiger charge is -2.32. The Labute approximate surface area is 86.8 Å². The van der Waals surface area contributed by atoms with E-state index in [2.05, 4.69) is 12.2 Å². The summed E-state index contributed by atoms with van der Waals surface area (Å²) in [4.78, 5) is 0. The first-order valence-corrected chi connectivity index (χ1v) is 5.63. The highest BCUT2D eigenvalue weighted by Crippen LogP contribution is 2.23. The summed E-state index contributed by atoms with van der Waals surface area (Å²) >= 11 is 0. The summed E-state index contributed by atoms with van der Waals surface area (Å²) in [6.45, 7) is 3.05. The molecule has 1 rings (SSSR count). The lowest BCUT2D eigenvalue weighted by atomic mass is 9.85. The number of methoxy groups -OCH3 is 1. The molecule has 0 radical (unpaired) electrons. The number of aliphatic hydroxyl groups excluding tert-OH is 1. The molecule has 0 saturated heterocycles. The molecular formula is C11H23NO2. The maximum absolute atomic E-state index is 9.13. The lowest BCUT2D eigenvalue weighted by molar-refractivity contribution is 0.110. The van der Waals surface area contributed by atoms with Gasteiger partial charge in [-0.25, -0.2) is 0 Å². The van der Waals surface area contributed by atoms with Crippen molar-refractivity contribution in [2.24, 2.45) is 5.92 Å². The topological polar surface area (TPSA) is 41.5 Å². The van der Waals surface area contributed by atoms with Gasteiger partial charge in [0.2, 0.25) is 0 Å². The molecule has 0 spiro atoms. The number of aliphatic hydroxyl groups is 1. The van der Waals surface area contributed by atoms with Crippen molar-refractivity contribution in [3.63, 3.8) is 0 Å². The van der Waals surface area contributed by atoms with Crippen LogP contribution in [0.25, 0.3) is 0 Å². The van der Waals surface area contributed by atoms with E-state index >= 15 is 0 Å². The summed E-state index contributed by atoms with van der Waals surface area (Å²) in [5.74, 6) is 0.731. The van der Waals surface area contributed by atoms with Crippen LogP contribution in [0, 0.1) is 5.92 Å². The largest absolute Gasteiger partial charge is 0.395 e. The minimum atomic E-state index is 0.102. The minimum absolute atomic E-state index is 0.102. The third-order valence-corrected chi connectivity index (χ3v) is 3.15. The van der Waals surface area contributed by atoms with Gasteiger partial charge in [-0.2, -0.15) is 0 Å². The van der Waals surface area contributed by atoms with Gasteiger partial charge in [-0.3, -0.25) is 0 Å². The van der Waals surface area contributed by atoms with Crippen molar-refractivity contribution in [3.05, 3.63) is 0 Å². The molecule has 84 valence electrons. The number of hydrogen-bond acceptors (Lipinski definition) is 3. The maximum atomic E-state index is 9.13. The fourth-order valence-corrected chi connectivity index (χ4v) is 2.22. The zero-order chi connectivity index (χ0) is 10.4. The van der Waals surface area contributed by atoms with Gasteiger partial charge in [-0.1, -0.05) is 19.8 Å². The number of rotatable bonds is 5. The molecule has 0 aromatic heterocycles. The first kappa shape index (κ1) is 12.0. The van der Waals surface area contributed by atoms with Crippen LogP contribution in [-0.4, -0.2) is 37.5 Å². The molecular weight excluding hydrogens is 178 g/mol. The van der Waals surface area contributed by atoms with Gasteiger partial charge in [0.25, 0.3) is 0 Å². The molecule has 1 aliphatic carbocycles. The lowest BCUT2D eigenvalue weighted by Crippen LogP contribution is -2.47. The van der Waals surface area contributed by atoms with Gasteiger partial charge in [0.15, 0.2) is 0 Å². The highest BCUT2D eigenvalue weighted by Gasteiger charge is 2.23. The van der Waals surface area contributed by atoms with Gasteiger partial charge in [0, 0.05) is 13.2 Å². The molecule has 0 aromatic rings. The first-order valence-electron chi connectivity index (χ1n) is 5.63. The molecule has 1 saturated carbocycles. The Bertz CT molecular complexity index is 152. The average Bonchev–Trinajstić information content (AvgIpc) is 2.20. The molecule has 0 heterocycles. The third kappa shape index (κ3) is 3.56. The van der Waals surface area contributed by atoms with Crippen LogP contribution in [0.15, 0.2) is 0 Å². The number of ether oxygens (including phenoxy) is 1. The van der Waals surface area contributed by atoms with Gasteiger partial charge in [-0.05, 0) is 18.8 Å². The van der Waals surface area contributed by atoms with Crippen molar-refractivity contribution in [2.75, 3.05) is 20.3 Å². The quantitative estimate of drug-likeness (QED) is 0.701. The van der Waals surface area contributed by atoms with Crippen LogP contribution in [0.5, 0.6) is 0 Å². The van der Waals surface area contributed by atoms with Crippen molar-refractivity contribution in [2.45, 2.75) is 44.7 Å². The zero-order valence-corrected chi connectivity index (χ0v) is 9.33. The van der Waals surface area contributed by atoms with Gasteiger partial charge in [-0.15, -0.1) is 0 Å². The molecule has 0 aromatic carbocycles. The molecule has 2 N–H and O–H groups in total. The van der Waals surface area contributed by atoms with E-state index in [-0.39, 0.29) is 12.6 Å². The van der Waals surface area contributed by atoms with E-state index in [9.17, 15) is 0 Å². The van der Waals surface area contributed by atoms with Crippen LogP contribution in [0.4, 0.5) is 0 Å². The van der Waals surface area contributed by atoms with Crippen LogP contribution in [0.1, 0.15) is 32.6 Å². The van der Waals surface area contributed by atoms with Gasteiger partial charge in [0.05, 0.1) is 19.3 Å². The molecule has 0 aliphatic heterocycles. The van der Waals surface area contributed by atoms with Crippen LogP contribution in [0.3, 0.4) is 0 Å². The Morgan fingerprint density at radius 2 is 2.14 bits per heavy atom. The number of nitrogens with one attached hydrogen (secondary N) is 1. The fourth-order valence-electron chi connectivity index (χ4n) is 2.22. The molecule has 3 unspecified atom stereocenters. The SMILES string of the molecule is COCC(CO)NC1CCCCC1C. The van der Waals surface area contributed by atoms with Crippen LogP contribution in [0.2, 0.25) is 0 Å². The predicted molar refractivity (Wildman–Crippen MR) is 57.3 cm³/mol. The van der Waals surface area contributed by atoms with E-state index in [1.807, 2.05) is 0 Å². The predicted octanol–water partition coefficient (Wildman–Crippen LogP) is 1.16. The van der Waals surface area contributed by atoms with Gasteiger partial charge < -0.3 is 15.2 Å². The molecule has 3 atom stereocenters. The van der Waals surface area contributed by atoms with E-state index in [1.54, 1.807) is 7.11 Å². The van der Waals surface area contributed by atoms with Crippen molar-refractivity contribution in [3.8, 4) is 0 Å². The van der Waals surface area contributed by atoms with E-state index in [0.717, 1.165) is 5.92 Å². The summed E-state index contributed by atoms with van der Waals surface area (Å²) in [7, 11) is 1.68. The second kappa shape index (κ2) is 6.38. The molecule has 1 fully saturated rings. The summed E-state index contributed by atoms with van der Waals surface area (Å²) < 4.78 is 5.05. The molecule has 1 aliphatic rings. The minimum Gasteiger partial charge on any atom is -0.395 e. The summed E-state index contributed by atoms with van der Waals surface area (Å²) in [6, 6.07) is 0.668. The van der Waals surface area contributed by atoms with Crippen LogP contribution < -0.4 is 5.32 Å². The standard InChI is InChI=1S/C11H23NO2/c1-9-5-3-4-6-11(9)12-10(7-13)8-14-2/h9-13H,3-8H2,1-2H3. The van der Waals surface area contributed by atoms with Gasteiger partial charge in [0.1, 0.15) is 0 Å². The van der Waals surface area contributed by atoms with Crippen molar-refractivity contribution >= 4 is 0 Å². The Hall–Kier alpha value is -0.120. The van der Waals surface area contributed by atoms with Crippen molar-refractivity contribution in [1.82, 2.24) is 5.32 Å². The summed E-state index contributed by atoms with van der Waals surface area (Å²) in [6.07, 6.45) is 5.21. The molecule has 0 bridgehead atoms. The Morgan fingerprint density at radius 3 is 2.71 bits per heavy atom. The third-order valence-electron chi connectivity index (χ3n) is 3.15. The maximum Gasteiger partial charge on any atom is 0.0638 e. The molecule has 3 heteroatoms. The highest BCUT2D eigenvalue weighted by atomic mass is 16.5. The summed E-state index contributed by atoms with van der Waals surface area (Å²) in [5.41, 5.74) is 0. The van der Waals surface area contributed by atoms with E-state index in [4.69, 9.17) is 9.84 Å². The van der Waals surface area contributed by atoms with Gasteiger partial charge >= 0.3 is 0 Å². The Kier molecular flexibility index (Phi) is 5.45. The van der Waals surface area contributed by atoms with E-state index in [0.29, 0.717) is 12.6 Å². The number of hydrogen-bond donors (Lipinski definition) is 2. The van der Waals surface area contributed by atoms with Crippen molar-refractivity contribution < 1.29 is 9.84 Å². The Balaban J connectivity index is 2.31. The smallest absolute Gasteiger partial charge is 0.0638 e. The normalized spacial score (nSPS) is 30.2. The average molecular weight is 201 g/mol. The van der Waals surface area contributed by atoms with E-state index < -0.39 is 0 Å². The highest BCUT2D eigenvalue weighted by molar-refractivity contribution is 4.81. The molecule has 3 nitrogen and oxygen atoms in total. The van der Waals surface area contributed by atoms with E-state index in [1.165, 1.54) is 25.7 Å². The Morgan fingerprint density at radius 1 is 1.43 bits per heavy atom. The second-order valence-electron chi connectivity index (χ2n) is 4.37. The second-order valence-corrected chi connectivity index (χ2v) is 4.37. The first-order chi connectivity index (χ1) is 6.77.